The summed E-state index contributed by atoms with van der Waals surface area (Å²) in [7, 11) is 0. The normalized spacial score (nSPS) is 14.3. The average molecular weight is 414 g/mol. The number of nitrogens with one attached hydrogen (secondary N) is 1. The summed E-state index contributed by atoms with van der Waals surface area (Å²) in [5, 5.41) is 3.15. The van der Waals surface area contributed by atoms with Gasteiger partial charge in [0.15, 0.2) is 11.8 Å². The Morgan fingerprint density at radius 1 is 1.10 bits per heavy atom. The maximum absolute atomic E-state index is 13.0. The van der Waals surface area contributed by atoms with Gasteiger partial charge in [-0.1, -0.05) is 48.5 Å². The standard InChI is InChI=1S/C24H22N4O3/c1-16(31-18-10-6-3-7-11-18)23(29)27-13-12-19-21(15-27)25-22-14-20(26-28(22)24(19)30)17-8-4-2-5-9-17/h2-11,14,16,26H,12-13,15H2,1H3/t16-/m1/s1. The van der Waals surface area contributed by atoms with E-state index in [0.717, 1.165) is 11.3 Å². The number of benzene rings is 2. The van der Waals surface area contributed by atoms with E-state index < -0.39 is 6.10 Å². The van der Waals surface area contributed by atoms with Crippen molar-refractivity contribution in [3.8, 4) is 17.0 Å². The molecule has 7 heteroatoms. The summed E-state index contributed by atoms with van der Waals surface area (Å²) in [5.74, 6) is 0.537. The summed E-state index contributed by atoms with van der Waals surface area (Å²) in [5.41, 5.74) is 3.54. The first-order valence-electron chi connectivity index (χ1n) is 10.3. The lowest BCUT2D eigenvalue weighted by atomic mass is 10.1. The summed E-state index contributed by atoms with van der Waals surface area (Å²) in [6.45, 7) is 2.51. The van der Waals surface area contributed by atoms with Crippen molar-refractivity contribution in [2.45, 2.75) is 26.0 Å². The van der Waals surface area contributed by atoms with Gasteiger partial charge in [-0.3, -0.25) is 14.7 Å². The molecule has 3 heterocycles. The molecule has 1 N–H and O–H groups in total. The first kappa shape index (κ1) is 19.1. The number of hydrogen-bond acceptors (Lipinski definition) is 4. The molecule has 0 spiro atoms. The van der Waals surface area contributed by atoms with E-state index in [2.05, 4.69) is 5.10 Å². The number of ether oxygens (including phenoxy) is 1. The quantitative estimate of drug-likeness (QED) is 0.557. The fourth-order valence-electron chi connectivity index (χ4n) is 3.96. The SMILES string of the molecule is C[C@@H](Oc1ccccc1)C(=O)N1CCc2c(nc3cc(-c4ccccc4)[nH]n3c2=O)C1. The molecule has 4 aromatic rings. The number of aromatic amines is 1. The number of nitrogens with zero attached hydrogens (tertiary/aromatic N) is 3. The van der Waals surface area contributed by atoms with Crippen molar-refractivity contribution >= 4 is 11.6 Å². The first-order valence-corrected chi connectivity index (χ1v) is 10.3. The zero-order valence-electron chi connectivity index (χ0n) is 17.1. The molecule has 0 fully saturated rings. The molecule has 0 saturated carbocycles. The molecule has 2 aromatic heterocycles. The number of amides is 1. The van der Waals surface area contributed by atoms with Crippen LogP contribution in [0.25, 0.3) is 16.9 Å². The van der Waals surface area contributed by atoms with Crippen LogP contribution in [0.1, 0.15) is 18.2 Å². The van der Waals surface area contributed by atoms with E-state index >= 15 is 0 Å². The summed E-state index contributed by atoms with van der Waals surface area (Å²) < 4.78 is 7.27. The predicted molar refractivity (Wildman–Crippen MR) is 117 cm³/mol. The average Bonchev–Trinajstić information content (AvgIpc) is 3.24. The second-order valence-electron chi connectivity index (χ2n) is 7.65. The molecule has 0 saturated heterocycles. The van der Waals surface area contributed by atoms with Crippen LogP contribution in [-0.4, -0.2) is 38.1 Å². The summed E-state index contributed by atoms with van der Waals surface area (Å²) in [4.78, 5) is 32.4. The van der Waals surface area contributed by atoms with Crippen molar-refractivity contribution in [2.24, 2.45) is 0 Å². The molecule has 0 bridgehead atoms. The van der Waals surface area contributed by atoms with Crippen LogP contribution in [0.4, 0.5) is 0 Å². The van der Waals surface area contributed by atoms with Crippen LogP contribution in [0.5, 0.6) is 5.75 Å². The molecule has 1 aliphatic heterocycles. The Morgan fingerprint density at radius 3 is 2.55 bits per heavy atom. The van der Waals surface area contributed by atoms with Crippen LogP contribution in [-0.2, 0) is 17.8 Å². The monoisotopic (exact) mass is 414 g/mol. The topological polar surface area (TPSA) is 79.7 Å². The van der Waals surface area contributed by atoms with E-state index in [-0.39, 0.29) is 11.5 Å². The van der Waals surface area contributed by atoms with E-state index in [1.54, 1.807) is 11.8 Å². The third-order valence-corrected chi connectivity index (χ3v) is 5.57. The Labute approximate surface area is 178 Å². The number of carbonyl (C=O) groups is 1. The maximum Gasteiger partial charge on any atom is 0.276 e. The van der Waals surface area contributed by atoms with Gasteiger partial charge in [-0.2, -0.15) is 0 Å². The molecule has 7 nitrogen and oxygen atoms in total. The predicted octanol–water partition coefficient (Wildman–Crippen LogP) is 3.04. The van der Waals surface area contributed by atoms with Crippen molar-refractivity contribution in [3.63, 3.8) is 0 Å². The van der Waals surface area contributed by atoms with Crippen molar-refractivity contribution in [2.75, 3.05) is 6.54 Å². The number of H-pyrrole nitrogens is 1. The van der Waals surface area contributed by atoms with Gasteiger partial charge in [0.2, 0.25) is 0 Å². The van der Waals surface area contributed by atoms with Crippen LogP contribution >= 0.6 is 0 Å². The molecule has 1 atom stereocenters. The Morgan fingerprint density at radius 2 is 1.81 bits per heavy atom. The highest BCUT2D eigenvalue weighted by molar-refractivity contribution is 5.81. The Bertz CT molecular complexity index is 1300. The fraction of sp³-hybridized carbons (Fsp3) is 0.208. The minimum Gasteiger partial charge on any atom is -0.481 e. The second-order valence-corrected chi connectivity index (χ2v) is 7.65. The maximum atomic E-state index is 13.0. The van der Waals surface area contributed by atoms with Crippen molar-refractivity contribution in [1.29, 1.82) is 0 Å². The smallest absolute Gasteiger partial charge is 0.276 e. The van der Waals surface area contributed by atoms with Gasteiger partial charge in [-0.25, -0.2) is 9.50 Å². The minimum atomic E-state index is -0.620. The van der Waals surface area contributed by atoms with E-state index in [0.29, 0.717) is 42.2 Å². The molecule has 1 aliphatic rings. The number of fused-ring (bicyclic) bond motifs is 2. The molecule has 156 valence electrons. The third kappa shape index (κ3) is 3.59. The Balaban J connectivity index is 1.41. The van der Waals surface area contributed by atoms with Gasteiger partial charge in [0.05, 0.1) is 17.9 Å². The summed E-state index contributed by atoms with van der Waals surface area (Å²) in [6.07, 6.45) is -0.154. The molecule has 5 rings (SSSR count). The first-order chi connectivity index (χ1) is 15.1. The molecule has 0 unspecified atom stereocenters. The van der Waals surface area contributed by atoms with Gasteiger partial charge in [-0.05, 0) is 31.0 Å². The van der Waals surface area contributed by atoms with Gasteiger partial charge in [-0.15, -0.1) is 0 Å². The second kappa shape index (κ2) is 7.75. The molecule has 2 aromatic carbocycles. The van der Waals surface area contributed by atoms with E-state index in [1.165, 1.54) is 4.52 Å². The fourth-order valence-corrected chi connectivity index (χ4v) is 3.96. The highest BCUT2D eigenvalue weighted by Crippen LogP contribution is 2.21. The lowest BCUT2D eigenvalue weighted by molar-refractivity contribution is -0.139. The minimum absolute atomic E-state index is 0.108. The highest BCUT2D eigenvalue weighted by Gasteiger charge is 2.29. The van der Waals surface area contributed by atoms with E-state index in [9.17, 15) is 9.59 Å². The molecule has 0 radical (unpaired) electrons. The van der Waals surface area contributed by atoms with Crippen LogP contribution in [0, 0.1) is 0 Å². The van der Waals surface area contributed by atoms with Gasteiger partial charge >= 0.3 is 0 Å². The number of hydrogen-bond donors (Lipinski definition) is 1. The summed E-state index contributed by atoms with van der Waals surface area (Å²) >= 11 is 0. The van der Waals surface area contributed by atoms with E-state index in [1.807, 2.05) is 66.7 Å². The highest BCUT2D eigenvalue weighted by atomic mass is 16.5. The number of rotatable bonds is 4. The number of para-hydroxylation sites is 1. The van der Waals surface area contributed by atoms with Crippen LogP contribution in [0.3, 0.4) is 0 Å². The Kier molecular flexibility index (Phi) is 4.78. The van der Waals surface area contributed by atoms with Crippen molar-refractivity contribution in [1.82, 2.24) is 19.5 Å². The largest absolute Gasteiger partial charge is 0.481 e. The Hall–Kier alpha value is -3.87. The van der Waals surface area contributed by atoms with Crippen LogP contribution in [0.15, 0.2) is 71.5 Å². The van der Waals surface area contributed by atoms with Gasteiger partial charge in [0.25, 0.3) is 11.5 Å². The number of carbonyl (C=O) groups excluding carboxylic acids is 1. The third-order valence-electron chi connectivity index (χ3n) is 5.57. The lowest BCUT2D eigenvalue weighted by Gasteiger charge is -2.30. The zero-order valence-corrected chi connectivity index (χ0v) is 17.1. The summed E-state index contributed by atoms with van der Waals surface area (Å²) in [6, 6.07) is 20.9. The van der Waals surface area contributed by atoms with Crippen molar-refractivity contribution < 1.29 is 9.53 Å². The van der Waals surface area contributed by atoms with Gasteiger partial charge in [0.1, 0.15) is 5.75 Å². The van der Waals surface area contributed by atoms with Crippen LogP contribution < -0.4 is 10.3 Å². The van der Waals surface area contributed by atoms with Gasteiger partial charge in [0, 0.05) is 18.2 Å². The van der Waals surface area contributed by atoms with Crippen molar-refractivity contribution in [3.05, 3.63) is 88.3 Å². The van der Waals surface area contributed by atoms with Crippen LogP contribution in [0.2, 0.25) is 0 Å². The molecule has 1 amide bonds. The number of aromatic nitrogens is 3. The van der Waals surface area contributed by atoms with E-state index in [4.69, 9.17) is 9.72 Å². The molecule has 31 heavy (non-hydrogen) atoms. The lowest BCUT2D eigenvalue weighted by Crippen LogP contribution is -2.45. The molecular formula is C24H22N4O3. The molecular weight excluding hydrogens is 392 g/mol. The zero-order chi connectivity index (χ0) is 21.4. The molecule has 0 aliphatic carbocycles. The van der Waals surface area contributed by atoms with Gasteiger partial charge < -0.3 is 9.64 Å².